The van der Waals surface area contributed by atoms with E-state index in [0.717, 1.165) is 18.2 Å². The summed E-state index contributed by atoms with van der Waals surface area (Å²) in [7, 11) is 1.51. The van der Waals surface area contributed by atoms with E-state index in [-0.39, 0.29) is 17.8 Å². The van der Waals surface area contributed by atoms with Crippen molar-refractivity contribution in [3.05, 3.63) is 47.8 Å². The van der Waals surface area contributed by atoms with E-state index >= 15 is 0 Å². The molecular weight excluding hydrogens is 279 g/mol. The molecule has 21 heavy (non-hydrogen) atoms. The molecule has 0 aliphatic carbocycles. The fourth-order valence-corrected chi connectivity index (χ4v) is 1.65. The normalized spacial score (nSPS) is 10.2. The molecular formula is C13H13FN4O3. The average molecular weight is 292 g/mol. The van der Waals surface area contributed by atoms with Crippen LogP contribution >= 0.6 is 0 Å². The highest BCUT2D eigenvalue weighted by Gasteiger charge is 2.14. The van der Waals surface area contributed by atoms with Crippen molar-refractivity contribution in [2.24, 2.45) is 0 Å². The first-order valence-electron chi connectivity index (χ1n) is 6.00. The lowest BCUT2D eigenvalue weighted by atomic mass is 10.2. The highest BCUT2D eigenvalue weighted by Crippen LogP contribution is 2.17. The van der Waals surface area contributed by atoms with Crippen LogP contribution in [-0.4, -0.2) is 39.0 Å². The first kappa shape index (κ1) is 14.5. The molecule has 0 fully saturated rings. The van der Waals surface area contributed by atoms with Crippen LogP contribution in [0.15, 0.2) is 30.6 Å². The molecule has 0 saturated carbocycles. The van der Waals surface area contributed by atoms with Gasteiger partial charge in [-0.25, -0.2) is 19.0 Å². The molecule has 1 aromatic carbocycles. The second-order valence-electron chi connectivity index (χ2n) is 4.32. The van der Waals surface area contributed by atoms with Crippen LogP contribution in [0.25, 0.3) is 0 Å². The maximum Gasteiger partial charge on any atom is 0.335 e. The number of H-pyrrole nitrogens is 1. The summed E-state index contributed by atoms with van der Waals surface area (Å²) in [6.45, 7) is 0.207. The van der Waals surface area contributed by atoms with Crippen LogP contribution < -0.4 is 5.32 Å². The summed E-state index contributed by atoms with van der Waals surface area (Å²) in [5, 5.41) is 11.2. The molecule has 3 N–H and O–H groups in total. The number of nitrogens with zero attached hydrogens (tertiary/aromatic N) is 2. The number of carbonyl (C=O) groups excluding carboxylic acids is 1. The maximum atomic E-state index is 13.6. The zero-order valence-corrected chi connectivity index (χ0v) is 11.1. The number of carbonyl (C=O) groups is 2. The number of carboxylic acids is 1. The van der Waals surface area contributed by atoms with Gasteiger partial charge in [-0.1, -0.05) is 0 Å². The van der Waals surface area contributed by atoms with Gasteiger partial charge in [-0.05, 0) is 18.2 Å². The summed E-state index contributed by atoms with van der Waals surface area (Å²) in [6, 6.07) is 2.61. The third kappa shape index (κ3) is 3.56. The van der Waals surface area contributed by atoms with Gasteiger partial charge in [-0.3, -0.25) is 0 Å². The Hall–Kier alpha value is -2.90. The van der Waals surface area contributed by atoms with E-state index in [9.17, 15) is 14.0 Å². The Kier molecular flexibility index (Phi) is 4.17. The summed E-state index contributed by atoms with van der Waals surface area (Å²) in [4.78, 5) is 30.9. The number of urea groups is 1. The molecule has 0 radical (unpaired) electrons. The number of hydrogen-bond acceptors (Lipinski definition) is 3. The van der Waals surface area contributed by atoms with Crippen molar-refractivity contribution in [1.82, 2.24) is 14.9 Å². The minimum Gasteiger partial charge on any atom is -0.478 e. The lowest BCUT2D eigenvalue weighted by molar-refractivity contribution is 0.0697. The van der Waals surface area contributed by atoms with Crippen molar-refractivity contribution in [2.45, 2.75) is 6.54 Å². The van der Waals surface area contributed by atoms with Gasteiger partial charge in [-0.2, -0.15) is 0 Å². The standard InChI is InChI=1S/C13H13FN4O3/c1-18(7-11-15-4-5-16-11)13(21)17-10-6-8(12(19)20)2-3-9(10)14/h2-6H,7H2,1H3,(H,15,16)(H,17,21)(H,19,20). The molecule has 2 rings (SSSR count). The minimum absolute atomic E-state index is 0.111. The number of amides is 2. The van der Waals surface area contributed by atoms with E-state index < -0.39 is 17.8 Å². The molecule has 0 spiro atoms. The first-order valence-corrected chi connectivity index (χ1v) is 6.00. The zero-order valence-electron chi connectivity index (χ0n) is 11.1. The average Bonchev–Trinajstić information content (AvgIpc) is 2.93. The molecule has 1 aromatic heterocycles. The van der Waals surface area contributed by atoms with E-state index in [1.807, 2.05) is 0 Å². The second kappa shape index (κ2) is 6.04. The SMILES string of the molecule is CN(Cc1ncc[nH]1)C(=O)Nc1cc(C(=O)O)ccc1F. The molecule has 0 atom stereocenters. The number of halogens is 1. The highest BCUT2D eigenvalue weighted by molar-refractivity contribution is 5.93. The number of aromatic nitrogens is 2. The van der Waals surface area contributed by atoms with E-state index in [1.165, 1.54) is 11.9 Å². The third-order valence-corrected chi connectivity index (χ3v) is 2.74. The Balaban J connectivity index is 2.08. The molecule has 2 aromatic rings. The zero-order chi connectivity index (χ0) is 15.4. The Morgan fingerprint density at radius 1 is 1.48 bits per heavy atom. The molecule has 2 amide bonds. The van der Waals surface area contributed by atoms with Crippen molar-refractivity contribution in [1.29, 1.82) is 0 Å². The van der Waals surface area contributed by atoms with Crippen LogP contribution in [0, 0.1) is 5.82 Å². The van der Waals surface area contributed by atoms with Crippen LogP contribution in [-0.2, 0) is 6.54 Å². The topological polar surface area (TPSA) is 98.3 Å². The summed E-state index contributed by atoms with van der Waals surface area (Å²) in [5.74, 6) is -1.33. The number of anilines is 1. The molecule has 0 unspecified atom stereocenters. The quantitative estimate of drug-likeness (QED) is 0.801. The van der Waals surface area contributed by atoms with Gasteiger partial charge in [0.15, 0.2) is 0 Å². The van der Waals surface area contributed by atoms with Crippen molar-refractivity contribution < 1.29 is 19.1 Å². The Morgan fingerprint density at radius 2 is 2.24 bits per heavy atom. The summed E-state index contributed by atoms with van der Waals surface area (Å²) in [6.07, 6.45) is 3.17. The number of aromatic amines is 1. The first-order chi connectivity index (χ1) is 9.97. The molecule has 0 bridgehead atoms. The second-order valence-corrected chi connectivity index (χ2v) is 4.32. The number of rotatable bonds is 4. The molecule has 1 heterocycles. The summed E-state index contributed by atoms with van der Waals surface area (Å²) >= 11 is 0. The fourth-order valence-electron chi connectivity index (χ4n) is 1.65. The van der Waals surface area contributed by atoms with Gasteiger partial charge in [0.05, 0.1) is 17.8 Å². The van der Waals surface area contributed by atoms with Gasteiger partial charge in [-0.15, -0.1) is 0 Å². The van der Waals surface area contributed by atoms with E-state index in [2.05, 4.69) is 15.3 Å². The number of hydrogen-bond donors (Lipinski definition) is 3. The van der Waals surface area contributed by atoms with Gasteiger partial charge in [0.1, 0.15) is 11.6 Å². The van der Waals surface area contributed by atoms with Crippen LogP contribution in [0.5, 0.6) is 0 Å². The number of imidazole rings is 1. The summed E-state index contributed by atoms with van der Waals surface area (Å²) in [5.41, 5.74) is -0.299. The van der Waals surface area contributed by atoms with Crippen LogP contribution in [0.3, 0.4) is 0 Å². The smallest absolute Gasteiger partial charge is 0.335 e. The summed E-state index contributed by atoms with van der Waals surface area (Å²) < 4.78 is 13.6. The van der Waals surface area contributed by atoms with Gasteiger partial charge < -0.3 is 20.3 Å². The van der Waals surface area contributed by atoms with Gasteiger partial charge in [0.2, 0.25) is 0 Å². The van der Waals surface area contributed by atoms with Crippen LogP contribution in [0.1, 0.15) is 16.2 Å². The van der Waals surface area contributed by atoms with Crippen molar-refractivity contribution >= 4 is 17.7 Å². The Bertz CT molecular complexity index is 657. The maximum absolute atomic E-state index is 13.6. The third-order valence-electron chi connectivity index (χ3n) is 2.74. The van der Waals surface area contributed by atoms with Crippen molar-refractivity contribution in [3.8, 4) is 0 Å². The lowest BCUT2D eigenvalue weighted by Gasteiger charge is -2.17. The monoisotopic (exact) mass is 292 g/mol. The molecule has 110 valence electrons. The molecule has 0 saturated heterocycles. The number of carboxylic acid groups (broad SMARTS) is 1. The Labute approximate surface area is 119 Å². The Morgan fingerprint density at radius 3 is 2.86 bits per heavy atom. The highest BCUT2D eigenvalue weighted by atomic mass is 19.1. The molecule has 0 aliphatic heterocycles. The fraction of sp³-hybridized carbons (Fsp3) is 0.154. The van der Waals surface area contributed by atoms with Gasteiger partial charge >= 0.3 is 12.0 Å². The van der Waals surface area contributed by atoms with Crippen molar-refractivity contribution in [2.75, 3.05) is 12.4 Å². The van der Waals surface area contributed by atoms with Gasteiger partial charge in [0, 0.05) is 19.4 Å². The van der Waals surface area contributed by atoms with Gasteiger partial charge in [0.25, 0.3) is 0 Å². The van der Waals surface area contributed by atoms with Crippen LogP contribution in [0.2, 0.25) is 0 Å². The molecule has 8 heteroatoms. The predicted octanol–water partition coefficient (Wildman–Crippen LogP) is 1.91. The number of benzene rings is 1. The minimum atomic E-state index is -1.20. The predicted molar refractivity (Wildman–Crippen MR) is 72.4 cm³/mol. The van der Waals surface area contributed by atoms with E-state index in [1.54, 1.807) is 12.4 Å². The number of nitrogens with one attached hydrogen (secondary N) is 2. The van der Waals surface area contributed by atoms with E-state index in [0.29, 0.717) is 5.82 Å². The van der Waals surface area contributed by atoms with Crippen molar-refractivity contribution in [3.63, 3.8) is 0 Å². The lowest BCUT2D eigenvalue weighted by Crippen LogP contribution is -2.31. The molecule has 7 nitrogen and oxygen atoms in total. The van der Waals surface area contributed by atoms with E-state index in [4.69, 9.17) is 5.11 Å². The molecule has 0 aliphatic rings. The largest absolute Gasteiger partial charge is 0.478 e. The van der Waals surface area contributed by atoms with Crippen LogP contribution in [0.4, 0.5) is 14.9 Å². The number of aromatic carboxylic acids is 1.